The van der Waals surface area contributed by atoms with Crippen molar-refractivity contribution in [2.75, 3.05) is 0 Å². The number of allylic oxidation sites excluding steroid dienone is 1. The number of benzene rings is 3. The molecule has 0 atom stereocenters. The highest BCUT2D eigenvalue weighted by molar-refractivity contribution is 7.99. The van der Waals surface area contributed by atoms with Crippen molar-refractivity contribution < 1.29 is 4.92 Å². The van der Waals surface area contributed by atoms with E-state index in [0.717, 1.165) is 15.4 Å². The second-order valence-corrected chi connectivity index (χ2v) is 6.55. The summed E-state index contributed by atoms with van der Waals surface area (Å²) in [6, 6.07) is 26.0. The first-order valence-corrected chi connectivity index (χ1v) is 8.67. The van der Waals surface area contributed by atoms with E-state index in [0.29, 0.717) is 11.1 Å². The minimum Gasteiger partial charge on any atom is -0.258 e. The molecule has 0 aromatic heterocycles. The van der Waals surface area contributed by atoms with Crippen molar-refractivity contribution in [1.82, 2.24) is 0 Å². The molecule has 26 heavy (non-hydrogen) atoms. The van der Waals surface area contributed by atoms with E-state index in [4.69, 9.17) is 0 Å². The Morgan fingerprint density at radius 2 is 1.73 bits per heavy atom. The van der Waals surface area contributed by atoms with Gasteiger partial charge in [-0.05, 0) is 35.4 Å². The minimum absolute atomic E-state index is 0.0319. The normalized spacial score (nSPS) is 11.0. The first-order chi connectivity index (χ1) is 12.7. The minimum atomic E-state index is -0.461. The van der Waals surface area contributed by atoms with Crippen LogP contribution in [-0.4, -0.2) is 4.92 Å². The monoisotopic (exact) mass is 358 g/mol. The van der Waals surface area contributed by atoms with Gasteiger partial charge in [0.25, 0.3) is 5.69 Å². The summed E-state index contributed by atoms with van der Waals surface area (Å²) in [5, 5.41) is 20.5. The molecule has 0 aliphatic heterocycles. The van der Waals surface area contributed by atoms with Gasteiger partial charge in [0.15, 0.2) is 0 Å². The van der Waals surface area contributed by atoms with Crippen molar-refractivity contribution in [3.63, 3.8) is 0 Å². The van der Waals surface area contributed by atoms with E-state index in [1.54, 1.807) is 30.0 Å². The molecule has 0 aliphatic rings. The fraction of sp³-hybridized carbons (Fsp3) is 0. The van der Waals surface area contributed by atoms with Crippen LogP contribution < -0.4 is 0 Å². The molecule has 0 radical (unpaired) electrons. The summed E-state index contributed by atoms with van der Waals surface area (Å²) in [6.45, 7) is 0. The molecule has 0 heterocycles. The summed E-state index contributed by atoms with van der Waals surface area (Å²) >= 11 is 1.61. The van der Waals surface area contributed by atoms with E-state index in [2.05, 4.69) is 6.07 Å². The Morgan fingerprint density at radius 3 is 2.46 bits per heavy atom. The van der Waals surface area contributed by atoms with Gasteiger partial charge in [-0.1, -0.05) is 60.3 Å². The Labute approximate surface area is 155 Å². The van der Waals surface area contributed by atoms with Gasteiger partial charge in [-0.15, -0.1) is 0 Å². The molecule has 0 aliphatic carbocycles. The van der Waals surface area contributed by atoms with Gasteiger partial charge in [0.1, 0.15) is 0 Å². The first-order valence-electron chi connectivity index (χ1n) is 7.86. The van der Waals surface area contributed by atoms with Crippen molar-refractivity contribution in [3.05, 3.63) is 100 Å². The van der Waals surface area contributed by atoms with Crippen LogP contribution in [0.1, 0.15) is 11.1 Å². The fourth-order valence-corrected chi connectivity index (χ4v) is 3.37. The van der Waals surface area contributed by atoms with Gasteiger partial charge in [-0.3, -0.25) is 10.1 Å². The molecular formula is C21H14N2O2S. The standard InChI is InChI=1S/C21H14N2O2S/c22-15-18(16-8-6-9-19(14-16)23(24)25)13-17-7-4-5-12-21(17)26-20-10-2-1-3-11-20/h1-14H/b18-13+. The van der Waals surface area contributed by atoms with Crippen LogP contribution in [0.4, 0.5) is 5.69 Å². The molecule has 3 aromatic carbocycles. The molecule has 4 nitrogen and oxygen atoms in total. The lowest BCUT2D eigenvalue weighted by Crippen LogP contribution is -1.90. The third-order valence-corrected chi connectivity index (χ3v) is 4.78. The summed E-state index contributed by atoms with van der Waals surface area (Å²) < 4.78 is 0. The number of nitriles is 1. The first kappa shape index (κ1) is 17.5. The van der Waals surface area contributed by atoms with Crippen LogP contribution >= 0.6 is 11.8 Å². The molecule has 0 fully saturated rings. The summed E-state index contributed by atoms with van der Waals surface area (Å²) in [6.07, 6.45) is 1.77. The number of hydrogen-bond donors (Lipinski definition) is 0. The Morgan fingerprint density at radius 1 is 1.00 bits per heavy atom. The molecule has 0 bridgehead atoms. The number of non-ortho nitro benzene ring substituents is 1. The molecule has 0 spiro atoms. The van der Waals surface area contributed by atoms with Crippen LogP contribution in [0.3, 0.4) is 0 Å². The highest BCUT2D eigenvalue weighted by Gasteiger charge is 2.10. The number of nitro groups is 1. The lowest BCUT2D eigenvalue weighted by atomic mass is 10.0. The van der Waals surface area contributed by atoms with Crippen molar-refractivity contribution in [1.29, 1.82) is 5.26 Å². The maximum atomic E-state index is 11.0. The average molecular weight is 358 g/mol. The van der Waals surface area contributed by atoms with E-state index in [1.165, 1.54) is 12.1 Å². The van der Waals surface area contributed by atoms with Gasteiger partial charge in [-0.2, -0.15) is 5.26 Å². The maximum Gasteiger partial charge on any atom is 0.270 e. The average Bonchev–Trinajstić information content (AvgIpc) is 2.68. The van der Waals surface area contributed by atoms with Crippen LogP contribution in [0.25, 0.3) is 11.6 Å². The third-order valence-electron chi connectivity index (χ3n) is 3.68. The zero-order valence-electron chi connectivity index (χ0n) is 13.7. The molecule has 0 amide bonds. The molecule has 0 saturated carbocycles. The SMILES string of the molecule is N#C/C(=C\c1ccccc1Sc1ccccc1)c1cccc([N+](=O)[O-])c1. The second kappa shape index (κ2) is 8.15. The van der Waals surface area contributed by atoms with Gasteiger partial charge in [0.2, 0.25) is 0 Å². The summed E-state index contributed by atoms with van der Waals surface area (Å²) in [4.78, 5) is 12.6. The topological polar surface area (TPSA) is 66.9 Å². The van der Waals surface area contributed by atoms with E-state index in [9.17, 15) is 15.4 Å². The lowest BCUT2D eigenvalue weighted by Gasteiger charge is -2.07. The zero-order valence-corrected chi connectivity index (χ0v) is 14.5. The second-order valence-electron chi connectivity index (χ2n) is 5.43. The summed E-state index contributed by atoms with van der Waals surface area (Å²) in [7, 11) is 0. The number of nitrogens with zero attached hydrogens (tertiary/aromatic N) is 2. The van der Waals surface area contributed by atoms with Crippen molar-refractivity contribution in [2.24, 2.45) is 0 Å². The number of nitro benzene ring substituents is 1. The Kier molecular flexibility index (Phi) is 5.47. The highest BCUT2D eigenvalue weighted by atomic mass is 32.2. The summed E-state index contributed by atoms with van der Waals surface area (Å²) in [5.74, 6) is 0. The lowest BCUT2D eigenvalue weighted by molar-refractivity contribution is -0.384. The van der Waals surface area contributed by atoms with Crippen LogP contribution in [0.5, 0.6) is 0 Å². The highest BCUT2D eigenvalue weighted by Crippen LogP contribution is 2.32. The van der Waals surface area contributed by atoms with Gasteiger partial charge in [0, 0.05) is 21.9 Å². The molecule has 126 valence electrons. The number of hydrogen-bond acceptors (Lipinski definition) is 4. The fourth-order valence-electron chi connectivity index (χ4n) is 2.43. The molecule has 3 rings (SSSR count). The van der Waals surface area contributed by atoms with Crippen molar-refractivity contribution in [3.8, 4) is 6.07 Å². The zero-order chi connectivity index (χ0) is 18.4. The van der Waals surface area contributed by atoms with Gasteiger partial charge >= 0.3 is 0 Å². The Hall–Kier alpha value is -3.36. The number of rotatable bonds is 5. The van der Waals surface area contributed by atoms with Gasteiger partial charge < -0.3 is 0 Å². The van der Waals surface area contributed by atoms with E-state index in [1.807, 2.05) is 54.6 Å². The van der Waals surface area contributed by atoms with Crippen LogP contribution in [0, 0.1) is 21.4 Å². The molecule has 0 N–H and O–H groups in total. The van der Waals surface area contributed by atoms with Crippen LogP contribution in [-0.2, 0) is 0 Å². The predicted octanol–water partition coefficient (Wildman–Crippen LogP) is 5.81. The Bertz CT molecular complexity index is 1010. The van der Waals surface area contributed by atoms with Gasteiger partial charge in [-0.25, -0.2) is 0 Å². The molecule has 5 heteroatoms. The quantitative estimate of drug-likeness (QED) is 0.250. The predicted molar refractivity (Wildman–Crippen MR) is 104 cm³/mol. The molecule has 0 unspecified atom stereocenters. The van der Waals surface area contributed by atoms with Crippen molar-refractivity contribution >= 4 is 29.1 Å². The molecule has 0 saturated heterocycles. The van der Waals surface area contributed by atoms with E-state index >= 15 is 0 Å². The summed E-state index contributed by atoms with van der Waals surface area (Å²) in [5.41, 5.74) is 1.77. The van der Waals surface area contributed by atoms with Crippen LogP contribution in [0.2, 0.25) is 0 Å². The molecule has 3 aromatic rings. The maximum absolute atomic E-state index is 11.0. The van der Waals surface area contributed by atoms with Crippen molar-refractivity contribution in [2.45, 2.75) is 9.79 Å². The van der Waals surface area contributed by atoms with Gasteiger partial charge in [0.05, 0.1) is 16.6 Å². The Balaban J connectivity index is 1.99. The van der Waals surface area contributed by atoms with Crippen LogP contribution in [0.15, 0.2) is 88.7 Å². The van der Waals surface area contributed by atoms with E-state index in [-0.39, 0.29) is 5.69 Å². The largest absolute Gasteiger partial charge is 0.270 e. The molecular weight excluding hydrogens is 344 g/mol. The third kappa shape index (κ3) is 4.18. The van der Waals surface area contributed by atoms with E-state index < -0.39 is 4.92 Å². The smallest absolute Gasteiger partial charge is 0.258 e.